The molecule has 0 saturated heterocycles. The summed E-state index contributed by atoms with van der Waals surface area (Å²) in [5, 5.41) is 4.05. The van der Waals surface area contributed by atoms with Gasteiger partial charge in [0.15, 0.2) is 5.82 Å². The number of hydrogen-bond donors (Lipinski definition) is 1. The molecule has 0 unspecified atom stereocenters. The maximum Gasteiger partial charge on any atom is 0.246 e. The number of rotatable bonds is 4. The van der Waals surface area contributed by atoms with E-state index in [2.05, 4.69) is 10.1 Å². The van der Waals surface area contributed by atoms with Gasteiger partial charge in [-0.25, -0.2) is 0 Å². The standard InChI is InChI=1S/C15H19N3O2.ClH/c1-19-12-6-4-11(5-7-12)10-13-17-14(20-18-13)15(16)8-2-3-9-15;/h4-7H,2-3,8-10,16H2,1H3;1H. The molecule has 1 aliphatic carbocycles. The Kier molecular flexibility index (Phi) is 4.85. The van der Waals surface area contributed by atoms with Crippen LogP contribution in [0.15, 0.2) is 28.8 Å². The molecule has 0 amide bonds. The minimum Gasteiger partial charge on any atom is -0.497 e. The first-order valence-corrected chi connectivity index (χ1v) is 6.94. The van der Waals surface area contributed by atoms with Crippen LogP contribution in [0.25, 0.3) is 0 Å². The first-order valence-electron chi connectivity index (χ1n) is 6.94. The van der Waals surface area contributed by atoms with Crippen molar-refractivity contribution in [3.8, 4) is 5.75 Å². The van der Waals surface area contributed by atoms with Gasteiger partial charge in [-0.1, -0.05) is 30.1 Å². The van der Waals surface area contributed by atoms with Crippen LogP contribution in [0.5, 0.6) is 5.75 Å². The fourth-order valence-electron chi connectivity index (χ4n) is 2.67. The lowest BCUT2D eigenvalue weighted by atomic mass is 9.99. The van der Waals surface area contributed by atoms with E-state index >= 15 is 0 Å². The number of methoxy groups -OCH3 is 1. The molecular formula is C15H20ClN3O2. The third kappa shape index (κ3) is 3.36. The lowest BCUT2D eigenvalue weighted by Crippen LogP contribution is -2.33. The monoisotopic (exact) mass is 309 g/mol. The van der Waals surface area contributed by atoms with Crippen molar-refractivity contribution in [1.82, 2.24) is 10.1 Å². The highest BCUT2D eigenvalue weighted by molar-refractivity contribution is 5.85. The van der Waals surface area contributed by atoms with E-state index in [-0.39, 0.29) is 12.4 Å². The van der Waals surface area contributed by atoms with E-state index in [0.29, 0.717) is 18.1 Å². The molecule has 1 heterocycles. The van der Waals surface area contributed by atoms with Crippen LogP contribution < -0.4 is 10.5 Å². The smallest absolute Gasteiger partial charge is 0.246 e. The first-order chi connectivity index (χ1) is 9.69. The van der Waals surface area contributed by atoms with Gasteiger partial charge in [0.1, 0.15) is 5.75 Å². The van der Waals surface area contributed by atoms with Gasteiger partial charge in [-0.05, 0) is 30.5 Å². The third-order valence-electron chi connectivity index (χ3n) is 3.91. The second kappa shape index (κ2) is 6.45. The molecule has 0 radical (unpaired) electrons. The van der Waals surface area contributed by atoms with Gasteiger partial charge in [-0.2, -0.15) is 4.98 Å². The SMILES string of the molecule is COc1ccc(Cc2noc(C3(N)CCCC3)n2)cc1.Cl. The number of aromatic nitrogens is 2. The van der Waals surface area contributed by atoms with E-state index in [1.54, 1.807) is 7.11 Å². The summed E-state index contributed by atoms with van der Waals surface area (Å²) in [6.07, 6.45) is 4.76. The van der Waals surface area contributed by atoms with Gasteiger partial charge >= 0.3 is 0 Å². The Morgan fingerprint density at radius 2 is 1.90 bits per heavy atom. The van der Waals surface area contributed by atoms with Crippen LogP contribution in [0, 0.1) is 0 Å². The molecular weight excluding hydrogens is 290 g/mol. The molecule has 2 aromatic rings. The predicted molar refractivity (Wildman–Crippen MR) is 81.7 cm³/mol. The van der Waals surface area contributed by atoms with Crippen molar-refractivity contribution in [1.29, 1.82) is 0 Å². The van der Waals surface area contributed by atoms with Crippen LogP contribution in [0.4, 0.5) is 0 Å². The molecule has 0 spiro atoms. The second-order valence-corrected chi connectivity index (χ2v) is 5.40. The Morgan fingerprint density at radius 3 is 2.52 bits per heavy atom. The zero-order valence-electron chi connectivity index (χ0n) is 12.0. The Hall–Kier alpha value is -1.59. The van der Waals surface area contributed by atoms with Crippen LogP contribution in [0.1, 0.15) is 43.0 Å². The van der Waals surface area contributed by atoms with Gasteiger partial charge in [0, 0.05) is 6.42 Å². The van der Waals surface area contributed by atoms with Crippen LogP contribution >= 0.6 is 12.4 Å². The van der Waals surface area contributed by atoms with Gasteiger partial charge in [0.05, 0.1) is 12.6 Å². The average molecular weight is 310 g/mol. The zero-order valence-corrected chi connectivity index (χ0v) is 12.9. The number of hydrogen-bond acceptors (Lipinski definition) is 5. The van der Waals surface area contributed by atoms with Gasteiger partial charge in [-0.3, -0.25) is 0 Å². The van der Waals surface area contributed by atoms with Crippen molar-refractivity contribution < 1.29 is 9.26 Å². The Bertz CT molecular complexity index is 577. The molecule has 0 atom stereocenters. The molecule has 0 bridgehead atoms. The number of benzene rings is 1. The van der Waals surface area contributed by atoms with Crippen LogP contribution in [0.3, 0.4) is 0 Å². The summed E-state index contributed by atoms with van der Waals surface area (Å²) >= 11 is 0. The third-order valence-corrected chi connectivity index (χ3v) is 3.91. The average Bonchev–Trinajstić information content (AvgIpc) is 3.10. The van der Waals surface area contributed by atoms with Crippen molar-refractivity contribution in [2.75, 3.05) is 7.11 Å². The highest BCUT2D eigenvalue weighted by Crippen LogP contribution is 2.35. The molecule has 1 aromatic heterocycles. The van der Waals surface area contributed by atoms with Gasteiger partial charge in [0.25, 0.3) is 0 Å². The van der Waals surface area contributed by atoms with E-state index in [9.17, 15) is 0 Å². The summed E-state index contributed by atoms with van der Waals surface area (Å²) < 4.78 is 10.5. The van der Waals surface area contributed by atoms with E-state index < -0.39 is 5.54 Å². The number of halogens is 1. The summed E-state index contributed by atoms with van der Waals surface area (Å²) in [5.41, 5.74) is 7.02. The minimum atomic E-state index is -0.412. The molecule has 1 saturated carbocycles. The maximum absolute atomic E-state index is 6.31. The second-order valence-electron chi connectivity index (χ2n) is 5.40. The fourth-order valence-corrected chi connectivity index (χ4v) is 2.67. The molecule has 21 heavy (non-hydrogen) atoms. The molecule has 5 nitrogen and oxygen atoms in total. The number of nitrogens with two attached hydrogens (primary N) is 1. The predicted octanol–water partition coefficient (Wildman–Crippen LogP) is 2.82. The van der Waals surface area contributed by atoms with Gasteiger partial charge in [0.2, 0.25) is 5.89 Å². The highest BCUT2D eigenvalue weighted by atomic mass is 35.5. The lowest BCUT2D eigenvalue weighted by Gasteiger charge is -2.17. The Morgan fingerprint density at radius 1 is 1.24 bits per heavy atom. The van der Waals surface area contributed by atoms with Crippen LogP contribution in [0.2, 0.25) is 0 Å². The quantitative estimate of drug-likeness (QED) is 0.940. The summed E-state index contributed by atoms with van der Waals surface area (Å²) in [6, 6.07) is 7.86. The molecule has 0 aliphatic heterocycles. The Balaban J connectivity index is 0.00000161. The molecule has 2 N–H and O–H groups in total. The van der Waals surface area contributed by atoms with E-state index in [1.807, 2.05) is 24.3 Å². The minimum absolute atomic E-state index is 0. The molecule has 1 fully saturated rings. The molecule has 3 rings (SSSR count). The summed E-state index contributed by atoms with van der Waals surface area (Å²) in [4.78, 5) is 4.47. The van der Waals surface area contributed by atoms with Crippen molar-refractivity contribution >= 4 is 12.4 Å². The van der Waals surface area contributed by atoms with Crippen molar-refractivity contribution in [3.05, 3.63) is 41.5 Å². The summed E-state index contributed by atoms with van der Waals surface area (Å²) in [5.74, 6) is 2.11. The molecule has 1 aromatic carbocycles. The van der Waals surface area contributed by atoms with Crippen molar-refractivity contribution in [2.45, 2.75) is 37.6 Å². The van der Waals surface area contributed by atoms with Crippen LogP contribution in [-0.4, -0.2) is 17.3 Å². The normalized spacial score (nSPS) is 16.5. The first kappa shape index (κ1) is 15.8. The van der Waals surface area contributed by atoms with Gasteiger partial charge in [-0.15, -0.1) is 12.4 Å². The topological polar surface area (TPSA) is 74.2 Å². The summed E-state index contributed by atoms with van der Waals surface area (Å²) in [6.45, 7) is 0. The highest BCUT2D eigenvalue weighted by Gasteiger charge is 2.36. The van der Waals surface area contributed by atoms with E-state index in [0.717, 1.165) is 37.0 Å². The van der Waals surface area contributed by atoms with E-state index in [4.69, 9.17) is 15.0 Å². The van der Waals surface area contributed by atoms with Gasteiger partial charge < -0.3 is 15.0 Å². The van der Waals surface area contributed by atoms with Crippen LogP contribution in [-0.2, 0) is 12.0 Å². The summed E-state index contributed by atoms with van der Waals surface area (Å²) in [7, 11) is 1.66. The molecule has 114 valence electrons. The fraction of sp³-hybridized carbons (Fsp3) is 0.467. The number of ether oxygens (including phenoxy) is 1. The number of nitrogens with zero attached hydrogens (tertiary/aromatic N) is 2. The maximum atomic E-state index is 6.31. The lowest BCUT2D eigenvalue weighted by molar-refractivity contribution is 0.284. The van der Waals surface area contributed by atoms with Crippen molar-refractivity contribution in [2.24, 2.45) is 5.73 Å². The molecule has 1 aliphatic rings. The molecule has 6 heteroatoms. The van der Waals surface area contributed by atoms with E-state index in [1.165, 1.54) is 0 Å². The largest absolute Gasteiger partial charge is 0.497 e. The zero-order chi connectivity index (χ0) is 14.0. The van der Waals surface area contributed by atoms with Crippen molar-refractivity contribution in [3.63, 3.8) is 0 Å². The Labute approximate surface area is 130 Å².